The fraction of sp³-hybridized carbons (Fsp3) is 0.556. The number of hydrogen-bond acceptors (Lipinski definition) is 6. The van der Waals surface area contributed by atoms with Gasteiger partial charge in [-0.1, -0.05) is 0 Å². The first-order valence-electron chi connectivity index (χ1n) is 9.27. The second kappa shape index (κ2) is 9.13. The molecule has 2 aromatic rings. The van der Waals surface area contributed by atoms with Crippen LogP contribution < -0.4 is 5.32 Å². The molecule has 1 aliphatic carbocycles. The number of thiazole rings is 1. The van der Waals surface area contributed by atoms with Crippen molar-refractivity contribution in [1.82, 2.24) is 14.5 Å². The highest BCUT2D eigenvalue weighted by molar-refractivity contribution is 7.13. The monoisotopic (exact) mass is 446 g/mol. The van der Waals surface area contributed by atoms with E-state index in [2.05, 4.69) is 20.7 Å². The van der Waals surface area contributed by atoms with Crippen molar-refractivity contribution in [1.29, 1.82) is 0 Å². The molecule has 1 saturated heterocycles. The number of aliphatic carboxylic acids is 1. The number of halogens is 3. The predicted octanol–water partition coefficient (Wildman–Crippen LogP) is 3.15. The first kappa shape index (κ1) is 22.2. The molecule has 2 aliphatic rings. The van der Waals surface area contributed by atoms with Crippen LogP contribution in [0.4, 0.5) is 18.3 Å². The van der Waals surface area contributed by atoms with Crippen LogP contribution in [0.25, 0.3) is 0 Å². The zero-order valence-corrected chi connectivity index (χ0v) is 16.9. The van der Waals surface area contributed by atoms with Crippen LogP contribution in [0.1, 0.15) is 42.5 Å². The lowest BCUT2D eigenvalue weighted by Gasteiger charge is -2.19. The maximum absolute atomic E-state index is 12.4. The van der Waals surface area contributed by atoms with Gasteiger partial charge in [0.25, 0.3) is 0 Å². The highest BCUT2D eigenvalue weighted by Crippen LogP contribution is 2.47. The van der Waals surface area contributed by atoms with Gasteiger partial charge in [-0.05, 0) is 19.3 Å². The van der Waals surface area contributed by atoms with Gasteiger partial charge in [0.2, 0.25) is 5.91 Å². The largest absolute Gasteiger partial charge is 0.490 e. The van der Waals surface area contributed by atoms with Gasteiger partial charge in [0.05, 0.1) is 12.0 Å². The van der Waals surface area contributed by atoms with E-state index in [-0.39, 0.29) is 17.7 Å². The van der Waals surface area contributed by atoms with Crippen LogP contribution >= 0.6 is 11.3 Å². The summed E-state index contributed by atoms with van der Waals surface area (Å²) in [6.45, 7) is 1.61. The minimum atomic E-state index is -5.08. The minimum Gasteiger partial charge on any atom is -0.475 e. The molecule has 0 bridgehead atoms. The molecule has 4 rings (SSSR count). The lowest BCUT2D eigenvalue weighted by molar-refractivity contribution is -0.192. The first-order valence-corrected chi connectivity index (χ1v) is 10.1. The molecule has 2 atom stereocenters. The number of aryl methyl sites for hydroxylation is 1. The van der Waals surface area contributed by atoms with Gasteiger partial charge >= 0.3 is 12.1 Å². The van der Waals surface area contributed by atoms with Crippen LogP contribution in [0, 0.1) is 5.92 Å². The van der Waals surface area contributed by atoms with E-state index in [9.17, 15) is 18.0 Å². The number of carbonyl (C=O) groups is 2. The Labute approximate surface area is 174 Å². The summed E-state index contributed by atoms with van der Waals surface area (Å²) in [4.78, 5) is 30.0. The number of aromatic nitrogens is 3. The second-order valence-electron chi connectivity index (χ2n) is 7.13. The van der Waals surface area contributed by atoms with Gasteiger partial charge in [0.15, 0.2) is 5.13 Å². The molecule has 0 spiro atoms. The summed E-state index contributed by atoms with van der Waals surface area (Å²) in [7, 11) is 1.97. The van der Waals surface area contributed by atoms with Crippen molar-refractivity contribution < 1.29 is 32.6 Å². The Kier molecular flexibility index (Phi) is 6.76. The van der Waals surface area contributed by atoms with E-state index in [1.165, 1.54) is 11.3 Å². The van der Waals surface area contributed by atoms with Gasteiger partial charge in [-0.3, -0.25) is 4.79 Å². The number of ether oxygens (including phenoxy) is 1. The molecule has 2 aromatic heterocycles. The fourth-order valence-electron chi connectivity index (χ4n) is 3.26. The van der Waals surface area contributed by atoms with E-state index in [0.29, 0.717) is 11.0 Å². The summed E-state index contributed by atoms with van der Waals surface area (Å²) >= 11 is 1.52. The zero-order chi connectivity index (χ0) is 21.9. The number of carboxylic acids is 1. The molecule has 12 heteroatoms. The van der Waals surface area contributed by atoms with Gasteiger partial charge in [-0.15, -0.1) is 11.3 Å². The van der Waals surface area contributed by atoms with Crippen molar-refractivity contribution in [2.24, 2.45) is 13.0 Å². The van der Waals surface area contributed by atoms with Gasteiger partial charge in [0, 0.05) is 55.3 Å². The number of rotatable bonds is 4. The van der Waals surface area contributed by atoms with Crippen LogP contribution in [-0.4, -0.2) is 50.9 Å². The summed E-state index contributed by atoms with van der Waals surface area (Å²) < 4.78 is 39.1. The number of amides is 1. The molecule has 164 valence electrons. The molecular formula is C18H21F3N4O4S. The van der Waals surface area contributed by atoms with Gasteiger partial charge in [-0.25, -0.2) is 14.8 Å². The van der Waals surface area contributed by atoms with Crippen LogP contribution in [0.3, 0.4) is 0 Å². The van der Waals surface area contributed by atoms with Crippen molar-refractivity contribution >= 4 is 28.3 Å². The summed E-state index contributed by atoms with van der Waals surface area (Å²) in [6.07, 6.45) is 1.47. The number of nitrogens with zero attached hydrogens (tertiary/aromatic N) is 3. The highest BCUT2D eigenvalue weighted by atomic mass is 32.1. The molecule has 0 radical (unpaired) electrons. The van der Waals surface area contributed by atoms with Crippen LogP contribution in [0.5, 0.6) is 0 Å². The summed E-state index contributed by atoms with van der Waals surface area (Å²) in [5, 5.41) is 12.9. The molecule has 0 aromatic carbocycles. The molecule has 1 saturated carbocycles. The number of alkyl halides is 3. The fourth-order valence-corrected chi connectivity index (χ4v) is 4.05. The third-order valence-corrected chi connectivity index (χ3v) is 5.77. The molecule has 1 aliphatic heterocycles. The van der Waals surface area contributed by atoms with Gasteiger partial charge in [-0.2, -0.15) is 13.2 Å². The van der Waals surface area contributed by atoms with E-state index in [1.54, 1.807) is 6.33 Å². The minimum absolute atomic E-state index is 0.0424. The Bertz CT molecular complexity index is 892. The van der Waals surface area contributed by atoms with Crippen LogP contribution in [0.15, 0.2) is 17.9 Å². The Morgan fingerprint density at radius 3 is 2.57 bits per heavy atom. The van der Waals surface area contributed by atoms with E-state index in [4.69, 9.17) is 14.6 Å². The van der Waals surface area contributed by atoms with Crippen molar-refractivity contribution in [3.63, 3.8) is 0 Å². The smallest absolute Gasteiger partial charge is 0.475 e. The molecule has 0 unspecified atom stereocenters. The lowest BCUT2D eigenvalue weighted by atomic mass is 9.98. The van der Waals surface area contributed by atoms with Gasteiger partial charge < -0.3 is 19.7 Å². The van der Waals surface area contributed by atoms with E-state index in [1.807, 2.05) is 17.8 Å². The Balaban J connectivity index is 0.000000318. The number of anilines is 1. The lowest BCUT2D eigenvalue weighted by Crippen LogP contribution is -2.21. The first-order chi connectivity index (χ1) is 14.2. The van der Waals surface area contributed by atoms with Crippen molar-refractivity contribution in [3.05, 3.63) is 29.3 Å². The van der Waals surface area contributed by atoms with Gasteiger partial charge in [0.1, 0.15) is 0 Å². The van der Waals surface area contributed by atoms with E-state index < -0.39 is 12.1 Å². The molecule has 2 fully saturated rings. The average Bonchev–Trinajstić information content (AvgIpc) is 3.15. The SMILES string of the molecule is Cn1cncc1[C@@H]1C[C@H]1C(=O)Nc1nc(C2CCOCC2)cs1.O=C(O)C(F)(F)F. The summed E-state index contributed by atoms with van der Waals surface area (Å²) in [5.74, 6) is -1.89. The normalized spacial score (nSPS) is 21.5. The number of nitrogens with one attached hydrogen (secondary N) is 1. The van der Waals surface area contributed by atoms with E-state index >= 15 is 0 Å². The topological polar surface area (TPSA) is 106 Å². The molecule has 2 N–H and O–H groups in total. The summed E-state index contributed by atoms with van der Waals surface area (Å²) in [5.41, 5.74) is 2.22. The number of carbonyl (C=O) groups excluding carboxylic acids is 1. The average molecular weight is 446 g/mol. The third-order valence-electron chi connectivity index (χ3n) is 5.00. The highest BCUT2D eigenvalue weighted by Gasteiger charge is 2.45. The Hall–Kier alpha value is -2.47. The standard InChI is InChI=1S/C16H20N4O2S.C2HF3O2/c1-20-9-17-7-14(20)11-6-12(11)15(21)19-16-18-13(8-23-16)10-2-4-22-5-3-10;3-2(4,5)1(6)7/h7-12H,2-6H2,1H3,(H,18,19,21);(H,6,7)/t11-,12-;/m1./s1. The number of imidazole rings is 1. The Morgan fingerprint density at radius 2 is 2.00 bits per heavy atom. The molecular weight excluding hydrogens is 425 g/mol. The van der Waals surface area contributed by atoms with Crippen LogP contribution in [0.2, 0.25) is 0 Å². The predicted molar refractivity (Wildman–Crippen MR) is 101 cm³/mol. The number of hydrogen-bond donors (Lipinski definition) is 2. The third kappa shape index (κ3) is 5.57. The molecule has 1 amide bonds. The quantitative estimate of drug-likeness (QED) is 0.747. The summed E-state index contributed by atoms with van der Waals surface area (Å²) in [6, 6.07) is 0. The molecule has 30 heavy (non-hydrogen) atoms. The van der Waals surface area contributed by atoms with Crippen LogP contribution in [-0.2, 0) is 21.4 Å². The van der Waals surface area contributed by atoms with E-state index in [0.717, 1.165) is 43.9 Å². The van der Waals surface area contributed by atoms with Crippen molar-refractivity contribution in [2.75, 3.05) is 18.5 Å². The maximum atomic E-state index is 12.4. The second-order valence-corrected chi connectivity index (χ2v) is 7.99. The molecule has 3 heterocycles. The van der Waals surface area contributed by atoms with Crippen molar-refractivity contribution in [2.45, 2.75) is 37.3 Å². The number of carboxylic acid groups (broad SMARTS) is 1. The van der Waals surface area contributed by atoms with Crippen molar-refractivity contribution in [3.8, 4) is 0 Å². The zero-order valence-electron chi connectivity index (χ0n) is 16.1. The maximum Gasteiger partial charge on any atom is 0.490 e. The Morgan fingerprint density at radius 1 is 1.33 bits per heavy atom. The molecule has 8 nitrogen and oxygen atoms in total.